The van der Waals surface area contributed by atoms with Crippen molar-refractivity contribution in [3.8, 4) is 53.8 Å². The fourth-order valence-electron chi connectivity index (χ4n) is 2.52. The van der Waals surface area contributed by atoms with Crippen LogP contribution < -0.4 is 0 Å². The summed E-state index contributed by atoms with van der Waals surface area (Å²) in [6.45, 7) is 12.3. The van der Waals surface area contributed by atoms with Gasteiger partial charge in [-0.15, -0.1) is 6.42 Å². The van der Waals surface area contributed by atoms with E-state index in [1.807, 2.05) is 12.1 Å². The summed E-state index contributed by atoms with van der Waals surface area (Å²) in [5.74, 6) is 14.0. The Morgan fingerprint density at radius 3 is 2.00 bits per heavy atom. The molecule has 0 radical (unpaired) electrons. The van der Waals surface area contributed by atoms with Gasteiger partial charge in [0.15, 0.2) is 0 Å². The molecule has 3 nitrogen and oxygen atoms in total. The van der Waals surface area contributed by atoms with Gasteiger partial charge in [-0.1, -0.05) is 53.7 Å². The van der Waals surface area contributed by atoms with Gasteiger partial charge in [0.05, 0.1) is 6.42 Å². The highest BCUT2D eigenvalue weighted by Crippen LogP contribution is 2.39. The van der Waals surface area contributed by atoms with Crippen molar-refractivity contribution in [3.05, 3.63) is 28.8 Å². The number of terminal acetylenes is 1. The molecule has 0 aliphatic rings. The number of hydrogen-bond acceptors (Lipinski definition) is 3. The molecule has 0 atom stereocenters. The molecule has 0 aromatic heterocycles. The third kappa shape index (κ3) is 7.16. The zero-order chi connectivity index (χ0) is 21.4. The Morgan fingerprint density at radius 2 is 1.50 bits per heavy atom. The fourth-order valence-corrected chi connectivity index (χ4v) is 2.52. The van der Waals surface area contributed by atoms with Gasteiger partial charge in [-0.3, -0.25) is 4.79 Å². The van der Waals surface area contributed by atoms with E-state index in [2.05, 4.69) is 83.2 Å². The van der Waals surface area contributed by atoms with Gasteiger partial charge < -0.3 is 9.84 Å². The largest absolute Gasteiger partial charge is 0.507 e. The second kappa shape index (κ2) is 9.60. The molecule has 0 aliphatic heterocycles. The Labute approximate surface area is 195 Å². The number of phenols is 1. The average Bonchev–Trinajstić information content (AvgIpc) is 2.58. The van der Waals surface area contributed by atoms with Crippen LogP contribution in [0.25, 0.3) is 0 Å². The lowest BCUT2D eigenvalue weighted by Crippen LogP contribution is -2.18. The van der Waals surface area contributed by atoms with E-state index in [4.69, 9.17) is 11.2 Å². The number of carbonyl (C=O) groups is 1. The van der Waals surface area contributed by atoms with Crippen LogP contribution in [0, 0.1) is 48.1 Å². The molecule has 1 N–H and O–H groups in total. The van der Waals surface area contributed by atoms with Crippen LogP contribution in [0.1, 0.15) is 90.3 Å². The molecule has 1 aromatic carbocycles. The van der Waals surface area contributed by atoms with E-state index < -0.39 is 5.97 Å². The third-order valence-corrected chi connectivity index (χ3v) is 3.94. The Hall–Kier alpha value is -3.27. The molecule has 0 unspecified atom stereocenters. The molecule has 180 valence electrons. The molecule has 0 amide bonds. The highest BCUT2D eigenvalue weighted by Gasteiger charge is 2.26. The van der Waals surface area contributed by atoms with Gasteiger partial charge in [0.25, 0.3) is 0 Å². The Kier molecular flexibility index (Phi) is 7.81. The second-order valence-corrected chi connectivity index (χ2v) is 8.39. The number of phenolic OH excluding ortho intramolecular Hbond substituents is 1. The van der Waals surface area contributed by atoms with Gasteiger partial charge in [0.2, 0.25) is 0 Å². The van der Waals surface area contributed by atoms with Gasteiger partial charge in [0.1, 0.15) is 11.9 Å². The first-order valence-electron chi connectivity index (χ1n) is 8.99. The van der Waals surface area contributed by atoms with Gasteiger partial charge in [-0.25, -0.2) is 0 Å². The Morgan fingerprint density at radius 1 is 1.00 bits per heavy atom. The van der Waals surface area contributed by atoms with Crippen LogP contribution >= 0.6 is 0 Å². The summed E-state index contributed by atoms with van der Waals surface area (Å²) in [7, 11) is 0. The number of aryl methyl sites for hydroxylation is 1. The van der Waals surface area contributed by atoms with E-state index in [1.165, 1.54) is 0 Å². The summed E-state index contributed by atoms with van der Waals surface area (Å²) in [6.07, 6.45) is 7.87. The molecule has 1 aromatic rings. The van der Waals surface area contributed by atoms with Crippen LogP contribution in [0.15, 0.2) is 12.1 Å². The van der Waals surface area contributed by atoms with Crippen LogP contribution in [-0.2, 0) is 26.8 Å². The molecule has 0 spiro atoms. The quantitative estimate of drug-likeness (QED) is 0.401. The first kappa shape index (κ1) is 22.8. The SMILES string of the molecule is C#CC#CC#CC#COC(=O)CCc1cc(C(C)(C)C)c(O)c(C(C)(C)C)c1.[HH].[HH].[HH].[HH].[HH].[HH].[HH].[HH].[HH].[HH].[HH].[HH].[HH].[HH].[HH].[HH].[HH].[HH]. The number of ether oxygens (including phenoxy) is 1. The van der Waals surface area contributed by atoms with Gasteiger partial charge in [-0.2, -0.15) is 0 Å². The lowest BCUT2D eigenvalue weighted by molar-refractivity contribution is -0.136. The lowest BCUT2D eigenvalue weighted by atomic mass is 9.78. The van der Waals surface area contributed by atoms with Gasteiger partial charge in [-0.05, 0) is 51.7 Å². The Bertz CT molecular complexity index is 967. The van der Waals surface area contributed by atoms with Crippen molar-refractivity contribution in [3.63, 3.8) is 0 Å². The molecule has 1 rings (SSSR count). The summed E-state index contributed by atoms with van der Waals surface area (Å²) in [5, 5.41) is 10.7. The molecule has 0 fully saturated rings. The predicted molar refractivity (Wildman–Crippen MR) is 150 cm³/mol. The summed E-state index contributed by atoms with van der Waals surface area (Å²) in [6, 6.07) is 3.91. The average molecular weight is 411 g/mol. The van der Waals surface area contributed by atoms with Crippen LogP contribution in [0.2, 0.25) is 0 Å². The minimum atomic E-state index is -0.438. The highest BCUT2D eigenvalue weighted by molar-refractivity contribution is 5.71. The van der Waals surface area contributed by atoms with Gasteiger partial charge in [0, 0.05) is 43.4 Å². The fraction of sp³-hybridized carbons (Fsp3) is 0.400. The molecule has 28 heavy (non-hydrogen) atoms. The van der Waals surface area contributed by atoms with Crippen molar-refractivity contribution >= 4 is 5.97 Å². The van der Waals surface area contributed by atoms with Crippen molar-refractivity contribution in [2.24, 2.45) is 0 Å². The topological polar surface area (TPSA) is 46.5 Å². The van der Waals surface area contributed by atoms with Gasteiger partial charge >= 0.3 is 5.97 Å². The van der Waals surface area contributed by atoms with Crippen molar-refractivity contribution in [2.45, 2.75) is 65.2 Å². The summed E-state index contributed by atoms with van der Waals surface area (Å²) >= 11 is 0. The third-order valence-electron chi connectivity index (χ3n) is 3.94. The zero-order valence-electron chi connectivity index (χ0n) is 17.4. The number of aromatic hydroxyl groups is 1. The van der Waals surface area contributed by atoms with E-state index in [-0.39, 0.29) is 42.9 Å². The molecule has 0 heterocycles. The van der Waals surface area contributed by atoms with Crippen LogP contribution in [0.4, 0.5) is 0 Å². The standard InChI is InChI=1S/C25H26O3.18H2/c1-8-9-10-11-12-13-16-28-22(26)15-14-19-17-20(24(2,3)4)23(27)21(18-19)25(5,6)7;;;;;;;;;;;;;;;;;;/h1,17-18,27H,14-15H2,2-7H3;18*1H. The number of esters is 1. The molecular weight excluding hydrogens is 348 g/mol. The molecule has 0 saturated carbocycles. The number of rotatable bonds is 3. The van der Waals surface area contributed by atoms with E-state index in [0.29, 0.717) is 12.2 Å². The van der Waals surface area contributed by atoms with E-state index in [9.17, 15) is 9.90 Å². The second-order valence-electron chi connectivity index (χ2n) is 8.39. The Balaban J connectivity index is -0.0000000272. The van der Waals surface area contributed by atoms with Crippen LogP contribution in [0.3, 0.4) is 0 Å². The highest BCUT2D eigenvalue weighted by atomic mass is 16.5. The molecule has 0 aliphatic carbocycles. The van der Waals surface area contributed by atoms with Crippen LogP contribution in [-0.4, -0.2) is 11.1 Å². The van der Waals surface area contributed by atoms with Crippen molar-refractivity contribution < 1.29 is 40.3 Å². The first-order chi connectivity index (χ1) is 13.0. The maximum atomic E-state index is 11.9. The number of benzene rings is 1. The molecule has 0 saturated heterocycles. The number of carbonyl (C=O) groups excluding carboxylic acids is 1. The predicted octanol–water partition coefficient (Wildman–Crippen LogP) is 8.49. The maximum absolute atomic E-state index is 11.9. The summed E-state index contributed by atoms with van der Waals surface area (Å²) < 4.78 is 4.85. The van der Waals surface area contributed by atoms with Crippen LogP contribution in [0.5, 0.6) is 5.75 Å². The van der Waals surface area contributed by atoms with Crippen molar-refractivity contribution in [1.82, 2.24) is 0 Å². The molecular formula is C25H62O3. The van der Waals surface area contributed by atoms with E-state index >= 15 is 0 Å². The summed E-state index contributed by atoms with van der Waals surface area (Å²) in [4.78, 5) is 11.9. The van der Waals surface area contributed by atoms with Crippen molar-refractivity contribution in [2.75, 3.05) is 0 Å². The first-order valence-corrected chi connectivity index (χ1v) is 8.99. The number of hydrogen-bond donors (Lipinski definition) is 1. The normalized spacial score (nSPS) is 10.2. The monoisotopic (exact) mass is 410 g/mol. The minimum Gasteiger partial charge on any atom is -0.507 e. The maximum Gasteiger partial charge on any atom is 0.320 e. The molecule has 3 heteroatoms. The zero-order valence-corrected chi connectivity index (χ0v) is 17.4. The lowest BCUT2D eigenvalue weighted by Gasteiger charge is -2.28. The smallest absolute Gasteiger partial charge is 0.320 e. The minimum absolute atomic E-state index is 0. The van der Waals surface area contributed by atoms with Crippen molar-refractivity contribution in [1.29, 1.82) is 0 Å². The molecule has 0 bridgehead atoms. The summed E-state index contributed by atoms with van der Waals surface area (Å²) in [5.41, 5.74) is 2.28. The van der Waals surface area contributed by atoms with E-state index in [1.54, 1.807) is 0 Å². The van der Waals surface area contributed by atoms with E-state index in [0.717, 1.165) is 16.7 Å².